The monoisotopic (exact) mass is 489 g/mol. The molecule has 4 saturated carbocycles. The predicted molar refractivity (Wildman–Crippen MR) is 121 cm³/mol. The predicted octanol–water partition coefficient (Wildman–Crippen LogP) is 1.05. The van der Waals surface area contributed by atoms with Crippen molar-refractivity contribution in [3.8, 4) is 0 Å². The van der Waals surface area contributed by atoms with Gasteiger partial charge in [-0.15, -0.1) is 11.6 Å². The van der Waals surface area contributed by atoms with Crippen LogP contribution in [0.15, 0.2) is 0 Å². The van der Waals surface area contributed by atoms with Crippen molar-refractivity contribution in [2.75, 3.05) is 13.2 Å². The molecule has 8 nitrogen and oxygen atoms in total. The van der Waals surface area contributed by atoms with Gasteiger partial charge in [-0.05, 0) is 64.2 Å². The van der Waals surface area contributed by atoms with Crippen LogP contribution in [0.25, 0.3) is 0 Å². The fourth-order valence-corrected chi connectivity index (χ4v) is 6.31. The van der Waals surface area contributed by atoms with E-state index in [4.69, 9.17) is 16.3 Å². The Hall–Kier alpha value is -1.00. The highest BCUT2D eigenvalue weighted by molar-refractivity contribution is 6.21. The van der Waals surface area contributed by atoms with Gasteiger partial charge in [0.25, 0.3) is 0 Å². The van der Waals surface area contributed by atoms with Crippen molar-refractivity contribution >= 4 is 23.4 Å². The number of amides is 2. The van der Waals surface area contributed by atoms with E-state index in [1.54, 1.807) is 0 Å². The number of fused-ring (bicyclic) bond motifs is 3. The second-order valence-electron chi connectivity index (χ2n) is 10.5. The van der Waals surface area contributed by atoms with Gasteiger partial charge < -0.3 is 30.9 Å². The van der Waals surface area contributed by atoms with E-state index in [1.165, 1.54) is 0 Å². The van der Waals surface area contributed by atoms with Crippen LogP contribution in [0.5, 0.6) is 0 Å². The molecular formula is C23H37ClFN3O5. The van der Waals surface area contributed by atoms with Crippen LogP contribution < -0.4 is 16.0 Å². The van der Waals surface area contributed by atoms with Crippen LogP contribution in [-0.2, 0) is 14.3 Å². The number of piperidine rings is 1. The average molecular weight is 490 g/mol. The van der Waals surface area contributed by atoms with Gasteiger partial charge in [0.15, 0.2) is 0 Å². The maximum atomic E-state index is 13.8. The van der Waals surface area contributed by atoms with Gasteiger partial charge in [0.1, 0.15) is 12.8 Å². The van der Waals surface area contributed by atoms with Gasteiger partial charge in [-0.3, -0.25) is 9.59 Å². The third-order valence-corrected chi connectivity index (χ3v) is 8.70. The molecule has 5 aliphatic rings. The Kier molecular flexibility index (Phi) is 7.85. The summed E-state index contributed by atoms with van der Waals surface area (Å²) in [5, 5.41) is 29.2. The molecular weight excluding hydrogens is 453 g/mol. The number of nitrogens with one attached hydrogen (secondary N) is 3. The smallest absolute Gasteiger partial charge is 0.246 e. The molecule has 5 fully saturated rings. The molecule has 2 amide bonds. The van der Waals surface area contributed by atoms with Crippen molar-refractivity contribution in [3.05, 3.63) is 0 Å². The fourth-order valence-electron chi connectivity index (χ4n) is 6.08. The van der Waals surface area contributed by atoms with Crippen molar-refractivity contribution < 1.29 is 28.9 Å². The molecule has 0 aromatic heterocycles. The molecule has 0 aromatic rings. The Morgan fingerprint density at radius 2 is 1.88 bits per heavy atom. The Labute approximate surface area is 199 Å². The second-order valence-corrected chi connectivity index (χ2v) is 11.1. The van der Waals surface area contributed by atoms with Gasteiger partial charge in [-0.2, -0.15) is 0 Å². The molecule has 188 valence electrons. The SMILES string of the molecule is O=C(COC1CCC(Cl)C(F)C1)NC12CCC(NC(=O)C3CCCC(CO)N3)(CC1)CC2O. The van der Waals surface area contributed by atoms with Crippen LogP contribution in [0, 0.1) is 0 Å². The lowest BCUT2D eigenvalue weighted by Crippen LogP contribution is -2.71. The number of aliphatic hydroxyl groups is 2. The highest BCUT2D eigenvalue weighted by Gasteiger charge is 2.55. The first kappa shape index (κ1) is 25.1. The van der Waals surface area contributed by atoms with E-state index in [0.717, 1.165) is 19.3 Å². The van der Waals surface area contributed by atoms with E-state index in [1.807, 2.05) is 0 Å². The Balaban J connectivity index is 1.26. The zero-order valence-corrected chi connectivity index (χ0v) is 19.8. The molecule has 4 aliphatic carbocycles. The molecule has 0 radical (unpaired) electrons. The lowest BCUT2D eigenvalue weighted by Gasteiger charge is -2.56. The van der Waals surface area contributed by atoms with Crippen molar-refractivity contribution in [1.29, 1.82) is 0 Å². The highest BCUT2D eigenvalue weighted by Crippen LogP contribution is 2.47. The van der Waals surface area contributed by atoms with Gasteiger partial charge >= 0.3 is 0 Å². The van der Waals surface area contributed by atoms with Crippen LogP contribution >= 0.6 is 11.6 Å². The summed E-state index contributed by atoms with van der Waals surface area (Å²) in [6.07, 6.45) is 4.53. The zero-order valence-electron chi connectivity index (χ0n) is 19.0. The van der Waals surface area contributed by atoms with E-state index >= 15 is 0 Å². The van der Waals surface area contributed by atoms with Crippen LogP contribution in [0.3, 0.4) is 0 Å². The standard InChI is InChI=1S/C23H37ClFN3O5/c24-16-5-4-15(10-17(16)25)33-13-20(31)27-23-8-6-22(7-9-23,11-19(23)30)28-21(32)18-3-1-2-14(12-29)26-18/h14-19,26,29-30H,1-13H2,(H,27,31)(H,28,32). The van der Waals surface area contributed by atoms with Crippen LogP contribution in [0.2, 0.25) is 0 Å². The van der Waals surface area contributed by atoms with E-state index < -0.39 is 28.7 Å². The quantitative estimate of drug-likeness (QED) is 0.341. The minimum Gasteiger partial charge on any atom is -0.395 e. The molecule has 1 heterocycles. The van der Waals surface area contributed by atoms with Crippen molar-refractivity contribution in [3.63, 3.8) is 0 Å². The molecule has 6 atom stereocenters. The minimum absolute atomic E-state index is 0.0158. The van der Waals surface area contributed by atoms with E-state index in [0.29, 0.717) is 44.9 Å². The lowest BCUT2D eigenvalue weighted by molar-refractivity contribution is -0.140. The molecule has 1 saturated heterocycles. The number of carbonyl (C=O) groups excluding carboxylic acids is 2. The lowest BCUT2D eigenvalue weighted by atomic mass is 9.59. The normalized spacial score (nSPS) is 43.2. The molecule has 0 aromatic carbocycles. The summed E-state index contributed by atoms with van der Waals surface area (Å²) in [7, 11) is 0. The second kappa shape index (κ2) is 10.3. The van der Waals surface area contributed by atoms with E-state index in [9.17, 15) is 24.2 Å². The molecule has 1 aliphatic heterocycles. The summed E-state index contributed by atoms with van der Waals surface area (Å²) in [6, 6.07) is -0.383. The van der Waals surface area contributed by atoms with Crippen molar-refractivity contribution in [1.82, 2.24) is 16.0 Å². The van der Waals surface area contributed by atoms with Gasteiger partial charge in [-0.25, -0.2) is 4.39 Å². The fraction of sp³-hybridized carbons (Fsp3) is 0.913. The Morgan fingerprint density at radius 1 is 1.12 bits per heavy atom. The van der Waals surface area contributed by atoms with E-state index in [2.05, 4.69) is 16.0 Å². The van der Waals surface area contributed by atoms with Gasteiger partial charge in [0.2, 0.25) is 11.8 Å². The number of halogens is 2. The summed E-state index contributed by atoms with van der Waals surface area (Å²) in [5.41, 5.74) is -1.18. The Bertz CT molecular complexity index is 720. The number of ether oxygens (including phenoxy) is 1. The number of hydrogen-bond donors (Lipinski definition) is 5. The number of carbonyl (C=O) groups is 2. The number of aliphatic hydroxyl groups excluding tert-OH is 2. The molecule has 6 unspecified atom stereocenters. The average Bonchev–Trinajstić information content (AvgIpc) is 2.81. The molecule has 10 heteroatoms. The number of rotatable bonds is 7. The maximum Gasteiger partial charge on any atom is 0.246 e. The number of hydrogen-bond acceptors (Lipinski definition) is 6. The molecule has 5 rings (SSSR count). The molecule has 5 N–H and O–H groups in total. The van der Waals surface area contributed by atoms with Gasteiger partial charge in [0, 0.05) is 18.0 Å². The summed E-state index contributed by atoms with van der Waals surface area (Å²) in [5.74, 6) is -0.387. The van der Waals surface area contributed by atoms with Crippen molar-refractivity contribution in [2.45, 2.75) is 118 Å². The first-order valence-corrected chi connectivity index (χ1v) is 12.8. The molecule has 0 spiro atoms. The topological polar surface area (TPSA) is 120 Å². The van der Waals surface area contributed by atoms with Gasteiger partial charge in [-0.1, -0.05) is 0 Å². The highest BCUT2D eigenvalue weighted by atomic mass is 35.5. The summed E-state index contributed by atoms with van der Waals surface area (Å²) in [4.78, 5) is 25.5. The maximum absolute atomic E-state index is 13.8. The summed E-state index contributed by atoms with van der Waals surface area (Å²) < 4.78 is 19.4. The first-order chi connectivity index (χ1) is 15.7. The number of alkyl halides is 2. The zero-order chi connectivity index (χ0) is 23.6. The Morgan fingerprint density at radius 3 is 2.55 bits per heavy atom. The van der Waals surface area contributed by atoms with E-state index in [-0.39, 0.29) is 49.6 Å². The first-order valence-electron chi connectivity index (χ1n) is 12.3. The van der Waals surface area contributed by atoms with Gasteiger partial charge in [0.05, 0.1) is 35.8 Å². The third kappa shape index (κ3) is 5.64. The molecule has 2 bridgehead atoms. The summed E-state index contributed by atoms with van der Waals surface area (Å²) >= 11 is 5.90. The van der Waals surface area contributed by atoms with Crippen LogP contribution in [-0.4, -0.2) is 82.2 Å². The van der Waals surface area contributed by atoms with Crippen LogP contribution in [0.1, 0.15) is 70.6 Å². The summed E-state index contributed by atoms with van der Waals surface area (Å²) in [6.45, 7) is -0.151. The minimum atomic E-state index is -1.12. The largest absolute Gasteiger partial charge is 0.395 e. The van der Waals surface area contributed by atoms with Crippen molar-refractivity contribution in [2.24, 2.45) is 0 Å². The third-order valence-electron chi connectivity index (χ3n) is 8.21. The van der Waals surface area contributed by atoms with Crippen LogP contribution in [0.4, 0.5) is 4.39 Å². The molecule has 33 heavy (non-hydrogen) atoms.